The van der Waals surface area contributed by atoms with Crippen LogP contribution in [0.4, 0.5) is 0 Å². The van der Waals surface area contributed by atoms with Crippen LogP contribution in [0.1, 0.15) is 34.1 Å². The van der Waals surface area contributed by atoms with Gasteiger partial charge in [0.15, 0.2) is 17.8 Å². The molecule has 10 heteroatoms. The van der Waals surface area contributed by atoms with E-state index in [1.54, 1.807) is 0 Å². The summed E-state index contributed by atoms with van der Waals surface area (Å²) in [5.74, 6) is -4.32. The van der Waals surface area contributed by atoms with Crippen molar-refractivity contribution in [2.24, 2.45) is 28.1 Å². The number of hydrogen-bond donors (Lipinski definition) is 3. The number of carbonyl (C=O) groups is 3. The summed E-state index contributed by atoms with van der Waals surface area (Å²) in [4.78, 5) is 38.2. The third kappa shape index (κ3) is 1.33. The van der Waals surface area contributed by atoms with Gasteiger partial charge in [-0.15, -0.1) is 0 Å². The lowest BCUT2D eigenvalue weighted by molar-refractivity contribution is -0.239. The SMILES string of the molecule is C[C@@H]1C(=O)O[C@H]2[C@@H](O)[C@@]34[C@H]5C[C@@H](C(C)(C)C)[C@]36[C@@H](OC(=O)[C@@H]6O)O[C@@]4(C(=O)O5)[C@@]12O. The van der Waals surface area contributed by atoms with E-state index < -0.39 is 87.9 Å². The number of carbonyl (C=O) groups excluding carboxylic acids is 3. The van der Waals surface area contributed by atoms with Crippen LogP contribution in [0.2, 0.25) is 0 Å². The van der Waals surface area contributed by atoms with E-state index in [1.807, 2.05) is 20.8 Å². The Kier molecular flexibility index (Phi) is 2.97. The van der Waals surface area contributed by atoms with Crippen molar-refractivity contribution >= 4 is 17.9 Å². The highest BCUT2D eigenvalue weighted by atomic mass is 16.8. The van der Waals surface area contributed by atoms with Gasteiger partial charge < -0.3 is 34.3 Å². The molecule has 0 aromatic rings. The third-order valence-corrected chi connectivity index (χ3v) is 9.00. The standard InChI is InChI=1S/C20H24O10/c1-6-12(23)28-11-9(21)18-8-5-7(16(2,3)4)17(18)10(22)13(24)29-15(17)30-20(18,14(25)27-8)19(6,11)26/h6-11,15,21-22,26H,5H2,1-4H3/t6-,7+,8-,9-,10+,11+,15+,17+,18+,19-,20-/m1/s1. The lowest BCUT2D eigenvalue weighted by Crippen LogP contribution is -2.67. The highest BCUT2D eigenvalue weighted by molar-refractivity contribution is 5.94. The van der Waals surface area contributed by atoms with Gasteiger partial charge in [-0.2, -0.15) is 0 Å². The van der Waals surface area contributed by atoms with Crippen molar-refractivity contribution in [3.05, 3.63) is 0 Å². The van der Waals surface area contributed by atoms with Gasteiger partial charge in [-0.25, -0.2) is 9.59 Å². The fourth-order valence-corrected chi connectivity index (χ4v) is 8.12. The Bertz CT molecular complexity index is 925. The molecule has 6 fully saturated rings. The van der Waals surface area contributed by atoms with Gasteiger partial charge >= 0.3 is 17.9 Å². The zero-order valence-corrected chi connectivity index (χ0v) is 16.9. The maximum Gasteiger partial charge on any atom is 0.343 e. The summed E-state index contributed by atoms with van der Waals surface area (Å²) >= 11 is 0. The third-order valence-electron chi connectivity index (χ3n) is 9.00. The highest BCUT2D eigenvalue weighted by Gasteiger charge is 3.03. The summed E-state index contributed by atoms with van der Waals surface area (Å²) < 4.78 is 22.5. The Morgan fingerprint density at radius 2 is 1.70 bits per heavy atom. The van der Waals surface area contributed by atoms with Gasteiger partial charge in [0.1, 0.15) is 12.2 Å². The number of aliphatic hydroxyl groups is 3. The molecule has 0 unspecified atom stereocenters. The van der Waals surface area contributed by atoms with E-state index >= 15 is 0 Å². The Morgan fingerprint density at radius 3 is 2.33 bits per heavy atom. The average Bonchev–Trinajstić information content (AvgIpc) is 3.35. The fraction of sp³-hybridized carbons (Fsp3) is 0.850. The molecule has 0 amide bonds. The molecule has 0 aromatic heterocycles. The molecule has 11 atom stereocenters. The molecular formula is C20H24O10. The summed E-state index contributed by atoms with van der Waals surface area (Å²) in [6.07, 6.45) is -6.91. The first-order chi connectivity index (χ1) is 13.8. The molecule has 2 spiro atoms. The molecular weight excluding hydrogens is 400 g/mol. The van der Waals surface area contributed by atoms with Crippen molar-refractivity contribution in [3.63, 3.8) is 0 Å². The minimum absolute atomic E-state index is 0.229. The zero-order valence-electron chi connectivity index (χ0n) is 16.9. The molecule has 0 radical (unpaired) electrons. The van der Waals surface area contributed by atoms with Crippen molar-refractivity contribution in [1.29, 1.82) is 0 Å². The van der Waals surface area contributed by atoms with Crippen LogP contribution in [-0.2, 0) is 33.3 Å². The van der Waals surface area contributed by atoms with Gasteiger partial charge in [-0.3, -0.25) is 4.79 Å². The first kappa shape index (κ1) is 19.0. The van der Waals surface area contributed by atoms with Gasteiger partial charge in [0.05, 0.1) is 16.7 Å². The zero-order chi connectivity index (χ0) is 21.8. The molecule has 0 bridgehead atoms. The molecule has 2 saturated carbocycles. The van der Waals surface area contributed by atoms with Crippen molar-refractivity contribution < 1.29 is 48.7 Å². The Hall–Kier alpha value is -1.75. The van der Waals surface area contributed by atoms with Crippen molar-refractivity contribution in [2.75, 3.05) is 0 Å². The maximum atomic E-state index is 13.4. The predicted octanol–water partition coefficient (Wildman–Crippen LogP) is -1.37. The van der Waals surface area contributed by atoms with E-state index in [-0.39, 0.29) is 6.42 Å². The minimum Gasteiger partial charge on any atom is -0.459 e. The van der Waals surface area contributed by atoms with Gasteiger partial charge in [0, 0.05) is 0 Å². The number of aliphatic hydroxyl groups excluding tert-OH is 2. The first-order valence-corrected chi connectivity index (χ1v) is 10.2. The number of rotatable bonds is 0. The summed E-state index contributed by atoms with van der Waals surface area (Å²) in [5, 5.41) is 34.7. The van der Waals surface area contributed by atoms with E-state index in [0.717, 1.165) is 0 Å². The largest absolute Gasteiger partial charge is 0.459 e. The van der Waals surface area contributed by atoms with Crippen LogP contribution in [0.3, 0.4) is 0 Å². The van der Waals surface area contributed by atoms with E-state index in [4.69, 9.17) is 18.9 Å². The lowest BCUT2D eigenvalue weighted by Gasteiger charge is -2.47. The fourth-order valence-electron chi connectivity index (χ4n) is 8.12. The first-order valence-electron chi connectivity index (χ1n) is 10.2. The van der Waals surface area contributed by atoms with Gasteiger partial charge in [-0.05, 0) is 24.7 Å². The highest BCUT2D eigenvalue weighted by Crippen LogP contribution is 2.84. The van der Waals surface area contributed by atoms with E-state index in [9.17, 15) is 29.7 Å². The number of fused-ring (bicyclic) bond motifs is 1. The second-order valence-corrected chi connectivity index (χ2v) is 10.7. The molecule has 4 aliphatic heterocycles. The second-order valence-electron chi connectivity index (χ2n) is 10.7. The molecule has 30 heavy (non-hydrogen) atoms. The van der Waals surface area contributed by atoms with Crippen LogP contribution in [0.5, 0.6) is 0 Å². The molecule has 6 rings (SSSR count). The van der Waals surface area contributed by atoms with E-state index in [0.29, 0.717) is 0 Å². The molecule has 3 N–H and O–H groups in total. The molecule has 4 saturated heterocycles. The number of esters is 3. The van der Waals surface area contributed by atoms with Crippen molar-refractivity contribution in [3.8, 4) is 0 Å². The van der Waals surface area contributed by atoms with Crippen molar-refractivity contribution in [1.82, 2.24) is 0 Å². The normalized spacial score (nSPS) is 60.1. The Morgan fingerprint density at radius 1 is 1.03 bits per heavy atom. The van der Waals surface area contributed by atoms with Crippen molar-refractivity contribution in [2.45, 2.75) is 76.0 Å². The minimum atomic E-state index is -2.24. The van der Waals surface area contributed by atoms with E-state index in [2.05, 4.69) is 0 Å². The Labute approximate surface area is 171 Å². The number of ether oxygens (including phenoxy) is 4. The molecule has 2 aliphatic carbocycles. The van der Waals surface area contributed by atoms with E-state index in [1.165, 1.54) is 6.92 Å². The Balaban J connectivity index is 1.72. The summed E-state index contributed by atoms with van der Waals surface area (Å²) in [7, 11) is 0. The smallest absolute Gasteiger partial charge is 0.343 e. The molecule has 6 aliphatic rings. The van der Waals surface area contributed by atoms with Crippen LogP contribution in [0, 0.1) is 28.1 Å². The van der Waals surface area contributed by atoms with Gasteiger partial charge in [-0.1, -0.05) is 20.8 Å². The van der Waals surface area contributed by atoms with Crippen LogP contribution in [0.15, 0.2) is 0 Å². The molecule has 164 valence electrons. The average molecular weight is 424 g/mol. The maximum absolute atomic E-state index is 13.4. The quantitative estimate of drug-likeness (QED) is 0.314. The summed E-state index contributed by atoms with van der Waals surface area (Å²) in [5.41, 5.74) is -8.26. The van der Waals surface area contributed by atoms with Gasteiger partial charge in [0.25, 0.3) is 0 Å². The van der Waals surface area contributed by atoms with Crippen LogP contribution >= 0.6 is 0 Å². The molecule has 0 aromatic carbocycles. The lowest BCUT2D eigenvalue weighted by atomic mass is 9.51. The summed E-state index contributed by atoms with van der Waals surface area (Å²) in [6.45, 7) is 7.14. The molecule has 4 heterocycles. The monoisotopic (exact) mass is 424 g/mol. The topological polar surface area (TPSA) is 149 Å². The van der Waals surface area contributed by atoms with Crippen LogP contribution in [-0.4, -0.2) is 75.1 Å². The van der Waals surface area contributed by atoms with Crippen LogP contribution in [0.25, 0.3) is 0 Å². The summed E-state index contributed by atoms with van der Waals surface area (Å²) in [6, 6.07) is 0. The predicted molar refractivity (Wildman–Crippen MR) is 92.0 cm³/mol. The van der Waals surface area contributed by atoms with Gasteiger partial charge in [0.2, 0.25) is 11.9 Å². The second kappa shape index (κ2) is 4.69. The number of hydrogen-bond acceptors (Lipinski definition) is 10. The van der Waals surface area contributed by atoms with Crippen LogP contribution < -0.4 is 0 Å². The molecule has 10 nitrogen and oxygen atoms in total.